The summed E-state index contributed by atoms with van der Waals surface area (Å²) in [4.78, 5) is 0.390. The molecule has 0 radical (unpaired) electrons. The van der Waals surface area contributed by atoms with Gasteiger partial charge in [-0.1, -0.05) is 35.2 Å². The monoisotopic (exact) mass is 345 g/mol. The number of aryl methyl sites for hydroxylation is 1. The molecule has 0 amide bonds. The molecular formula is C14H20BrNO2S. The highest BCUT2D eigenvalue weighted by Crippen LogP contribution is 2.28. The average molecular weight is 346 g/mol. The highest BCUT2D eigenvalue weighted by Gasteiger charge is 2.29. The van der Waals surface area contributed by atoms with E-state index in [1.807, 2.05) is 6.92 Å². The number of nitrogens with zero attached hydrogens (tertiary/aromatic N) is 1. The van der Waals surface area contributed by atoms with Gasteiger partial charge in [0.2, 0.25) is 10.0 Å². The highest BCUT2D eigenvalue weighted by molar-refractivity contribution is 9.10. The van der Waals surface area contributed by atoms with Crippen molar-refractivity contribution in [3.63, 3.8) is 0 Å². The van der Waals surface area contributed by atoms with Crippen molar-refractivity contribution in [2.45, 2.75) is 50.0 Å². The Morgan fingerprint density at radius 3 is 2.42 bits per heavy atom. The lowest BCUT2D eigenvalue weighted by atomic mass is 9.96. The van der Waals surface area contributed by atoms with Crippen LogP contribution in [0.4, 0.5) is 0 Å². The van der Waals surface area contributed by atoms with Crippen molar-refractivity contribution >= 4 is 26.0 Å². The van der Waals surface area contributed by atoms with Gasteiger partial charge in [-0.3, -0.25) is 0 Å². The molecule has 0 aromatic heterocycles. The second-order valence-corrected chi connectivity index (χ2v) is 8.08. The van der Waals surface area contributed by atoms with Crippen LogP contribution in [0.3, 0.4) is 0 Å². The second kappa shape index (κ2) is 5.94. The summed E-state index contributed by atoms with van der Waals surface area (Å²) in [5.74, 6) is 0. The van der Waals surface area contributed by atoms with Crippen LogP contribution in [0.15, 0.2) is 27.6 Å². The van der Waals surface area contributed by atoms with E-state index in [0.717, 1.165) is 35.7 Å². The zero-order chi connectivity index (χ0) is 14.0. The molecule has 0 N–H and O–H groups in total. The SMILES string of the molecule is Cc1cc(S(=O)(=O)N(C)C2CCCCC2)ccc1Br. The van der Waals surface area contributed by atoms with Crippen molar-refractivity contribution in [3.05, 3.63) is 28.2 Å². The molecule has 1 aliphatic rings. The van der Waals surface area contributed by atoms with Crippen molar-refractivity contribution in [2.75, 3.05) is 7.05 Å². The molecule has 2 rings (SSSR count). The molecule has 3 nitrogen and oxygen atoms in total. The van der Waals surface area contributed by atoms with Crippen molar-refractivity contribution in [3.8, 4) is 0 Å². The first-order valence-corrected chi connectivity index (χ1v) is 8.90. The summed E-state index contributed by atoms with van der Waals surface area (Å²) < 4.78 is 27.7. The topological polar surface area (TPSA) is 37.4 Å². The minimum absolute atomic E-state index is 0.155. The molecule has 19 heavy (non-hydrogen) atoms. The minimum atomic E-state index is -3.37. The lowest BCUT2D eigenvalue weighted by molar-refractivity contribution is 0.286. The maximum atomic E-state index is 12.6. The Labute approximate surface area is 124 Å². The average Bonchev–Trinajstić information content (AvgIpc) is 2.41. The second-order valence-electron chi connectivity index (χ2n) is 5.22. The van der Waals surface area contributed by atoms with Crippen LogP contribution in [0.5, 0.6) is 0 Å². The molecule has 0 saturated heterocycles. The van der Waals surface area contributed by atoms with Crippen molar-refractivity contribution in [1.82, 2.24) is 4.31 Å². The maximum Gasteiger partial charge on any atom is 0.243 e. The molecule has 0 aliphatic heterocycles. The summed E-state index contributed by atoms with van der Waals surface area (Å²) in [6.45, 7) is 1.91. The first kappa shape index (κ1) is 15.0. The largest absolute Gasteiger partial charge is 0.243 e. The lowest BCUT2D eigenvalue weighted by Crippen LogP contribution is -2.38. The zero-order valence-corrected chi connectivity index (χ0v) is 13.8. The molecule has 0 heterocycles. The third-order valence-electron chi connectivity index (χ3n) is 3.90. The van der Waals surface area contributed by atoms with Crippen molar-refractivity contribution in [1.29, 1.82) is 0 Å². The standard InChI is InChI=1S/C14H20BrNO2S/c1-11-10-13(8-9-14(11)15)19(17,18)16(2)12-6-4-3-5-7-12/h8-10,12H,3-7H2,1-2H3. The van der Waals surface area contributed by atoms with Gasteiger partial charge < -0.3 is 0 Å². The summed E-state index contributed by atoms with van der Waals surface area (Å²) in [6, 6.07) is 5.37. The third-order valence-corrected chi connectivity index (χ3v) is 6.69. The normalized spacial score (nSPS) is 17.9. The van der Waals surface area contributed by atoms with E-state index in [-0.39, 0.29) is 6.04 Å². The van der Waals surface area contributed by atoms with Gasteiger partial charge in [0.25, 0.3) is 0 Å². The Bertz CT molecular complexity index is 551. The van der Waals surface area contributed by atoms with Gasteiger partial charge in [-0.15, -0.1) is 0 Å². The van der Waals surface area contributed by atoms with Crippen LogP contribution in [0.25, 0.3) is 0 Å². The Balaban J connectivity index is 2.27. The predicted octanol–water partition coefficient (Wildman–Crippen LogP) is 3.71. The fourth-order valence-electron chi connectivity index (χ4n) is 2.58. The number of sulfonamides is 1. The summed E-state index contributed by atoms with van der Waals surface area (Å²) in [7, 11) is -1.65. The molecule has 0 spiro atoms. The first-order valence-electron chi connectivity index (χ1n) is 6.67. The van der Waals surface area contributed by atoms with Crippen LogP contribution in [0.2, 0.25) is 0 Å². The first-order chi connectivity index (χ1) is 8.93. The molecule has 106 valence electrons. The highest BCUT2D eigenvalue weighted by atomic mass is 79.9. The maximum absolute atomic E-state index is 12.6. The fourth-order valence-corrected chi connectivity index (χ4v) is 4.33. The Kier molecular flexibility index (Phi) is 4.69. The molecule has 1 aromatic carbocycles. The third kappa shape index (κ3) is 3.20. The van der Waals surface area contributed by atoms with Crippen LogP contribution in [0, 0.1) is 6.92 Å². The van der Waals surface area contributed by atoms with Crippen molar-refractivity contribution in [2.24, 2.45) is 0 Å². The Morgan fingerprint density at radius 2 is 1.84 bits per heavy atom. The predicted molar refractivity (Wildman–Crippen MR) is 80.7 cm³/mol. The number of rotatable bonds is 3. The number of hydrogen-bond donors (Lipinski definition) is 0. The Morgan fingerprint density at radius 1 is 1.21 bits per heavy atom. The molecule has 5 heteroatoms. The lowest BCUT2D eigenvalue weighted by Gasteiger charge is -2.30. The van der Waals surface area contributed by atoms with Crippen LogP contribution >= 0.6 is 15.9 Å². The van der Waals surface area contributed by atoms with E-state index in [2.05, 4.69) is 15.9 Å². The van der Waals surface area contributed by atoms with Crippen LogP contribution in [-0.4, -0.2) is 25.8 Å². The van der Waals surface area contributed by atoms with Crippen LogP contribution in [-0.2, 0) is 10.0 Å². The van der Waals surface area contributed by atoms with Gasteiger partial charge in [-0.05, 0) is 43.5 Å². The smallest absolute Gasteiger partial charge is 0.207 e. The van der Waals surface area contributed by atoms with Gasteiger partial charge >= 0.3 is 0 Å². The van der Waals surface area contributed by atoms with E-state index < -0.39 is 10.0 Å². The minimum Gasteiger partial charge on any atom is -0.207 e. The number of hydrogen-bond acceptors (Lipinski definition) is 2. The molecule has 1 aromatic rings. The van der Waals surface area contributed by atoms with Gasteiger partial charge in [0.05, 0.1) is 4.90 Å². The fraction of sp³-hybridized carbons (Fsp3) is 0.571. The van der Waals surface area contributed by atoms with Gasteiger partial charge in [-0.25, -0.2) is 8.42 Å². The molecule has 1 fully saturated rings. The Hall–Kier alpha value is -0.390. The molecule has 1 aliphatic carbocycles. The van der Waals surface area contributed by atoms with E-state index in [1.54, 1.807) is 29.6 Å². The number of benzene rings is 1. The van der Waals surface area contributed by atoms with Gasteiger partial charge in [0, 0.05) is 17.6 Å². The molecule has 1 saturated carbocycles. The number of halogens is 1. The molecule has 0 unspecified atom stereocenters. The summed E-state index contributed by atoms with van der Waals surface area (Å²) >= 11 is 3.40. The van der Waals surface area contributed by atoms with E-state index in [1.165, 1.54) is 6.42 Å². The van der Waals surface area contributed by atoms with E-state index in [0.29, 0.717) is 4.90 Å². The zero-order valence-electron chi connectivity index (χ0n) is 11.4. The molecule has 0 atom stereocenters. The summed E-state index contributed by atoms with van der Waals surface area (Å²) in [5, 5.41) is 0. The van der Waals surface area contributed by atoms with Crippen LogP contribution in [0.1, 0.15) is 37.7 Å². The van der Waals surface area contributed by atoms with Gasteiger partial charge in [0.1, 0.15) is 0 Å². The summed E-state index contributed by atoms with van der Waals surface area (Å²) in [5.41, 5.74) is 0.943. The van der Waals surface area contributed by atoms with E-state index in [9.17, 15) is 8.42 Å². The molecule has 0 bridgehead atoms. The van der Waals surface area contributed by atoms with Crippen molar-refractivity contribution < 1.29 is 8.42 Å². The van der Waals surface area contributed by atoms with E-state index in [4.69, 9.17) is 0 Å². The van der Waals surface area contributed by atoms with E-state index >= 15 is 0 Å². The van der Waals surface area contributed by atoms with Gasteiger partial charge in [-0.2, -0.15) is 4.31 Å². The summed E-state index contributed by atoms with van der Waals surface area (Å²) in [6.07, 6.45) is 5.44. The quantitative estimate of drug-likeness (QED) is 0.837. The molecular weight excluding hydrogens is 326 g/mol. The van der Waals surface area contributed by atoms with Crippen LogP contribution < -0.4 is 0 Å². The van der Waals surface area contributed by atoms with Gasteiger partial charge in [0.15, 0.2) is 0 Å².